The lowest BCUT2D eigenvalue weighted by Gasteiger charge is -2.05. The van der Waals surface area contributed by atoms with Gasteiger partial charge < -0.3 is 5.73 Å². The van der Waals surface area contributed by atoms with E-state index in [0.29, 0.717) is 0 Å². The van der Waals surface area contributed by atoms with Gasteiger partial charge in [-0.05, 0) is 30.7 Å². The van der Waals surface area contributed by atoms with Gasteiger partial charge in [-0.3, -0.25) is 4.68 Å². The second-order valence-corrected chi connectivity index (χ2v) is 4.85. The number of nitrogen functional groups attached to an aromatic ring is 1. The van der Waals surface area contributed by atoms with Crippen molar-refractivity contribution in [1.82, 2.24) is 9.78 Å². The minimum atomic E-state index is 0.822. The second-order valence-electron chi connectivity index (χ2n) is 3.84. The maximum atomic E-state index is 5.72. The molecule has 1 aromatic carbocycles. The monoisotopic (exact) mass is 233 g/mol. The zero-order valence-electron chi connectivity index (χ0n) is 9.47. The van der Waals surface area contributed by atoms with Gasteiger partial charge in [-0.2, -0.15) is 5.10 Å². The van der Waals surface area contributed by atoms with Crippen LogP contribution in [0.1, 0.15) is 11.1 Å². The normalized spacial score (nSPS) is 10.6. The summed E-state index contributed by atoms with van der Waals surface area (Å²) in [5, 5.41) is 4.15. The van der Waals surface area contributed by atoms with Crippen molar-refractivity contribution in [2.24, 2.45) is 7.05 Å². The van der Waals surface area contributed by atoms with Crippen molar-refractivity contribution >= 4 is 17.4 Å². The van der Waals surface area contributed by atoms with Crippen molar-refractivity contribution in [2.45, 2.75) is 17.6 Å². The van der Waals surface area contributed by atoms with Crippen molar-refractivity contribution in [2.75, 3.05) is 5.73 Å². The Labute approximate surface area is 99.7 Å². The molecule has 0 radical (unpaired) electrons. The molecule has 0 spiro atoms. The largest absolute Gasteiger partial charge is 0.399 e. The van der Waals surface area contributed by atoms with E-state index in [2.05, 4.69) is 18.1 Å². The van der Waals surface area contributed by atoms with E-state index in [-0.39, 0.29) is 0 Å². The molecule has 0 saturated carbocycles. The van der Waals surface area contributed by atoms with Gasteiger partial charge in [0.15, 0.2) is 0 Å². The highest BCUT2D eigenvalue weighted by atomic mass is 32.2. The summed E-state index contributed by atoms with van der Waals surface area (Å²) in [6.07, 6.45) is 3.94. The van der Waals surface area contributed by atoms with Crippen LogP contribution in [-0.2, 0) is 12.8 Å². The topological polar surface area (TPSA) is 43.8 Å². The van der Waals surface area contributed by atoms with Gasteiger partial charge in [0.1, 0.15) is 0 Å². The zero-order chi connectivity index (χ0) is 11.5. The van der Waals surface area contributed by atoms with Gasteiger partial charge in [-0.15, -0.1) is 11.8 Å². The van der Waals surface area contributed by atoms with Crippen molar-refractivity contribution in [3.05, 3.63) is 41.7 Å². The Hall–Kier alpha value is -1.42. The molecule has 0 aliphatic heterocycles. The van der Waals surface area contributed by atoms with Gasteiger partial charge in [0.2, 0.25) is 0 Å². The van der Waals surface area contributed by atoms with Gasteiger partial charge in [0.05, 0.1) is 6.20 Å². The molecule has 3 nitrogen and oxygen atoms in total. The Kier molecular flexibility index (Phi) is 3.19. The van der Waals surface area contributed by atoms with Crippen LogP contribution in [0.2, 0.25) is 0 Å². The number of nitrogens with two attached hydrogens (primary N) is 1. The van der Waals surface area contributed by atoms with E-state index in [1.165, 1.54) is 16.0 Å². The van der Waals surface area contributed by atoms with Crippen molar-refractivity contribution in [1.29, 1.82) is 0 Å². The average molecular weight is 233 g/mol. The van der Waals surface area contributed by atoms with Crippen LogP contribution in [0.4, 0.5) is 5.69 Å². The lowest BCUT2D eigenvalue weighted by molar-refractivity contribution is 0.767. The molecular formula is C12H15N3S. The second kappa shape index (κ2) is 4.61. The third-order valence-corrected chi connectivity index (χ3v) is 3.60. The number of aryl methyl sites for hydroxylation is 2. The number of thioether (sulfide) groups is 1. The molecule has 0 aliphatic carbocycles. The Morgan fingerprint density at radius 2 is 2.25 bits per heavy atom. The minimum Gasteiger partial charge on any atom is -0.399 e. The smallest absolute Gasteiger partial charge is 0.0530 e. The Morgan fingerprint density at radius 1 is 1.44 bits per heavy atom. The average Bonchev–Trinajstić information content (AvgIpc) is 2.63. The third kappa shape index (κ3) is 2.58. The first kappa shape index (κ1) is 11.1. The highest BCUT2D eigenvalue weighted by Crippen LogP contribution is 2.26. The fourth-order valence-corrected chi connectivity index (χ4v) is 2.46. The Bertz CT molecular complexity index is 491. The number of rotatable bonds is 3. The van der Waals surface area contributed by atoms with Gasteiger partial charge in [-0.1, -0.05) is 0 Å². The standard InChI is InChI=1S/C12H15N3S/c1-9-5-11(13)3-4-12(9)16-8-10-6-14-15(2)7-10/h3-7H,8,13H2,1-2H3. The highest BCUT2D eigenvalue weighted by Gasteiger charge is 2.01. The molecule has 4 heteroatoms. The van der Waals surface area contributed by atoms with E-state index in [1.54, 1.807) is 0 Å². The molecule has 0 amide bonds. The Morgan fingerprint density at radius 3 is 2.88 bits per heavy atom. The molecule has 1 heterocycles. The maximum Gasteiger partial charge on any atom is 0.0530 e. The summed E-state index contributed by atoms with van der Waals surface area (Å²) < 4.78 is 1.83. The number of aromatic nitrogens is 2. The third-order valence-electron chi connectivity index (χ3n) is 2.35. The van der Waals surface area contributed by atoms with Crippen LogP contribution < -0.4 is 5.73 Å². The molecule has 16 heavy (non-hydrogen) atoms. The first-order chi connectivity index (χ1) is 7.65. The van der Waals surface area contributed by atoms with Gasteiger partial charge in [0.25, 0.3) is 0 Å². The number of hydrogen-bond acceptors (Lipinski definition) is 3. The van der Waals surface area contributed by atoms with Gasteiger partial charge in [-0.25, -0.2) is 0 Å². The molecule has 1 aromatic heterocycles. The van der Waals surface area contributed by atoms with E-state index in [9.17, 15) is 0 Å². The number of benzene rings is 1. The molecule has 2 rings (SSSR count). The van der Waals surface area contributed by atoms with Crippen molar-refractivity contribution in [3.63, 3.8) is 0 Å². The van der Waals surface area contributed by atoms with E-state index < -0.39 is 0 Å². The first-order valence-electron chi connectivity index (χ1n) is 5.11. The highest BCUT2D eigenvalue weighted by molar-refractivity contribution is 7.98. The van der Waals surface area contributed by atoms with Crippen LogP contribution in [0.15, 0.2) is 35.5 Å². The summed E-state index contributed by atoms with van der Waals surface area (Å²) in [6.45, 7) is 2.09. The van der Waals surface area contributed by atoms with Gasteiger partial charge >= 0.3 is 0 Å². The number of nitrogens with zero attached hydrogens (tertiary/aromatic N) is 2. The molecule has 2 aromatic rings. The SMILES string of the molecule is Cc1cc(N)ccc1SCc1cnn(C)c1. The maximum absolute atomic E-state index is 5.72. The molecule has 0 atom stereocenters. The van der Waals surface area contributed by atoms with Crippen molar-refractivity contribution < 1.29 is 0 Å². The summed E-state index contributed by atoms with van der Waals surface area (Å²) in [7, 11) is 1.93. The number of hydrogen-bond donors (Lipinski definition) is 1. The summed E-state index contributed by atoms with van der Waals surface area (Å²) in [5.41, 5.74) is 9.01. The van der Waals surface area contributed by atoms with Crippen LogP contribution in [0.5, 0.6) is 0 Å². The summed E-state index contributed by atoms with van der Waals surface area (Å²) >= 11 is 1.81. The number of anilines is 1. The first-order valence-corrected chi connectivity index (χ1v) is 6.10. The van der Waals surface area contributed by atoms with Crippen LogP contribution in [0.3, 0.4) is 0 Å². The lowest BCUT2D eigenvalue weighted by Crippen LogP contribution is -1.87. The van der Waals surface area contributed by atoms with Crippen LogP contribution in [0, 0.1) is 6.92 Å². The van der Waals surface area contributed by atoms with Crippen LogP contribution >= 0.6 is 11.8 Å². The fraction of sp³-hybridized carbons (Fsp3) is 0.250. The minimum absolute atomic E-state index is 0.822. The Balaban J connectivity index is 2.04. The van der Waals surface area contributed by atoms with E-state index >= 15 is 0 Å². The molecule has 0 unspecified atom stereocenters. The summed E-state index contributed by atoms with van der Waals surface area (Å²) in [4.78, 5) is 1.28. The molecule has 0 saturated heterocycles. The molecular weight excluding hydrogens is 218 g/mol. The predicted octanol–water partition coefficient (Wildman–Crippen LogP) is 2.60. The summed E-state index contributed by atoms with van der Waals surface area (Å²) in [6, 6.07) is 6.02. The molecule has 2 N–H and O–H groups in total. The van der Waals surface area contributed by atoms with Crippen LogP contribution in [-0.4, -0.2) is 9.78 Å². The van der Waals surface area contributed by atoms with E-state index in [4.69, 9.17) is 5.73 Å². The van der Waals surface area contributed by atoms with E-state index in [0.717, 1.165) is 11.4 Å². The predicted molar refractivity (Wildman–Crippen MR) is 68.4 cm³/mol. The van der Waals surface area contributed by atoms with Gasteiger partial charge in [0, 0.05) is 35.1 Å². The zero-order valence-corrected chi connectivity index (χ0v) is 10.3. The van der Waals surface area contributed by atoms with Crippen LogP contribution in [0.25, 0.3) is 0 Å². The van der Waals surface area contributed by atoms with E-state index in [1.807, 2.05) is 48.0 Å². The lowest BCUT2D eigenvalue weighted by atomic mass is 10.2. The molecule has 0 bridgehead atoms. The quantitative estimate of drug-likeness (QED) is 0.654. The molecule has 0 fully saturated rings. The van der Waals surface area contributed by atoms with Crippen molar-refractivity contribution in [3.8, 4) is 0 Å². The fourth-order valence-electron chi connectivity index (χ4n) is 1.54. The molecule has 0 aliphatic rings. The molecule has 84 valence electrons. The summed E-state index contributed by atoms with van der Waals surface area (Å²) in [5.74, 6) is 0.943.